The molecule has 0 unspecified atom stereocenters. The number of furan rings is 1. The molecule has 2 aromatic rings. The lowest BCUT2D eigenvalue weighted by Crippen LogP contribution is -1.76. The van der Waals surface area contributed by atoms with Crippen LogP contribution in [0, 0.1) is 6.92 Å². The predicted molar refractivity (Wildman–Crippen MR) is 62.0 cm³/mol. The van der Waals surface area contributed by atoms with E-state index < -0.39 is 0 Å². The fourth-order valence-electron chi connectivity index (χ4n) is 1.48. The molecule has 0 aliphatic rings. The summed E-state index contributed by atoms with van der Waals surface area (Å²) in [4.78, 5) is 10.6. The second kappa shape index (κ2) is 4.03. The van der Waals surface area contributed by atoms with Gasteiger partial charge in [0, 0.05) is 10.0 Å². The first-order valence-corrected chi connectivity index (χ1v) is 5.31. The number of aldehydes is 1. The van der Waals surface area contributed by atoms with Crippen molar-refractivity contribution in [3.8, 4) is 11.1 Å². The number of aryl methyl sites for hydroxylation is 1. The summed E-state index contributed by atoms with van der Waals surface area (Å²) in [6.45, 7) is 1.85. The molecule has 0 fully saturated rings. The second-order valence-electron chi connectivity index (χ2n) is 3.24. The van der Waals surface area contributed by atoms with Crippen LogP contribution in [-0.2, 0) is 0 Å². The molecule has 0 amide bonds. The Morgan fingerprint density at radius 2 is 1.93 bits per heavy atom. The molecule has 1 aromatic carbocycles. The molecule has 3 heteroatoms. The first kappa shape index (κ1) is 10.2. The molecular formula is C12H9BrO2. The molecule has 0 radical (unpaired) electrons. The van der Waals surface area contributed by atoms with E-state index in [0.29, 0.717) is 5.76 Å². The Kier molecular flexibility index (Phi) is 2.73. The van der Waals surface area contributed by atoms with Crippen molar-refractivity contribution in [1.82, 2.24) is 0 Å². The highest BCUT2D eigenvalue weighted by molar-refractivity contribution is 9.10. The van der Waals surface area contributed by atoms with E-state index in [1.54, 1.807) is 6.07 Å². The fourth-order valence-corrected chi connectivity index (χ4v) is 1.74. The summed E-state index contributed by atoms with van der Waals surface area (Å²) in [6.07, 6.45) is 0.718. The van der Waals surface area contributed by atoms with E-state index in [1.807, 2.05) is 31.2 Å². The van der Waals surface area contributed by atoms with E-state index in [0.717, 1.165) is 27.6 Å². The van der Waals surface area contributed by atoms with E-state index in [1.165, 1.54) is 0 Å². The Balaban J connectivity index is 2.48. The highest BCUT2D eigenvalue weighted by Gasteiger charge is 2.08. The number of carbonyl (C=O) groups is 1. The largest absolute Gasteiger partial charge is 0.458 e. The van der Waals surface area contributed by atoms with E-state index >= 15 is 0 Å². The number of benzene rings is 1. The van der Waals surface area contributed by atoms with Gasteiger partial charge in [0.2, 0.25) is 0 Å². The molecule has 1 aromatic heterocycles. The molecule has 0 saturated carbocycles. The van der Waals surface area contributed by atoms with Crippen LogP contribution in [-0.4, -0.2) is 6.29 Å². The zero-order valence-corrected chi connectivity index (χ0v) is 9.74. The van der Waals surface area contributed by atoms with Crippen molar-refractivity contribution in [2.24, 2.45) is 0 Å². The third kappa shape index (κ3) is 2.02. The number of hydrogen-bond donors (Lipinski definition) is 0. The molecule has 76 valence electrons. The maximum Gasteiger partial charge on any atom is 0.185 e. The van der Waals surface area contributed by atoms with Crippen molar-refractivity contribution in [3.05, 3.63) is 46.3 Å². The second-order valence-corrected chi connectivity index (χ2v) is 4.16. The van der Waals surface area contributed by atoms with Gasteiger partial charge in [-0.15, -0.1) is 0 Å². The molecule has 1 heterocycles. The Labute approximate surface area is 96.0 Å². The van der Waals surface area contributed by atoms with Crippen LogP contribution >= 0.6 is 15.9 Å². The molecule has 0 aliphatic heterocycles. The summed E-state index contributed by atoms with van der Waals surface area (Å²) >= 11 is 3.38. The molecule has 2 nitrogen and oxygen atoms in total. The Morgan fingerprint density at radius 3 is 2.47 bits per heavy atom. The number of halogens is 1. The molecule has 0 aliphatic carbocycles. The topological polar surface area (TPSA) is 30.2 Å². The average Bonchev–Trinajstić information content (AvgIpc) is 2.61. The first-order chi connectivity index (χ1) is 7.20. The summed E-state index contributed by atoms with van der Waals surface area (Å²) in [5, 5.41) is 0. The minimum Gasteiger partial charge on any atom is -0.458 e. The minimum atomic E-state index is 0.366. The van der Waals surface area contributed by atoms with E-state index in [4.69, 9.17) is 4.42 Å². The molecule has 0 saturated heterocycles. The highest BCUT2D eigenvalue weighted by atomic mass is 79.9. The van der Waals surface area contributed by atoms with Gasteiger partial charge in [-0.1, -0.05) is 28.1 Å². The number of carbonyl (C=O) groups excluding carboxylic acids is 1. The first-order valence-electron chi connectivity index (χ1n) is 4.52. The summed E-state index contributed by atoms with van der Waals surface area (Å²) in [5.41, 5.74) is 2.01. The monoisotopic (exact) mass is 264 g/mol. The Morgan fingerprint density at radius 1 is 1.27 bits per heavy atom. The fraction of sp³-hybridized carbons (Fsp3) is 0.0833. The number of hydrogen-bond acceptors (Lipinski definition) is 2. The van der Waals surface area contributed by atoms with Crippen LogP contribution in [0.2, 0.25) is 0 Å². The maximum absolute atomic E-state index is 10.6. The van der Waals surface area contributed by atoms with Gasteiger partial charge in [0.15, 0.2) is 12.0 Å². The normalized spacial score (nSPS) is 10.3. The Hall–Kier alpha value is -1.35. The predicted octanol–water partition coefficient (Wildman–Crippen LogP) is 3.83. The lowest BCUT2D eigenvalue weighted by molar-refractivity contribution is 0.109. The van der Waals surface area contributed by atoms with Gasteiger partial charge in [-0.2, -0.15) is 0 Å². The lowest BCUT2D eigenvalue weighted by atomic mass is 10.1. The molecule has 0 spiro atoms. The molecule has 0 bridgehead atoms. The third-order valence-electron chi connectivity index (χ3n) is 2.21. The van der Waals surface area contributed by atoms with Gasteiger partial charge < -0.3 is 4.42 Å². The van der Waals surface area contributed by atoms with Crippen LogP contribution in [0.5, 0.6) is 0 Å². The van der Waals surface area contributed by atoms with Gasteiger partial charge in [0.1, 0.15) is 5.76 Å². The zero-order chi connectivity index (χ0) is 10.8. The summed E-state index contributed by atoms with van der Waals surface area (Å²) in [5.74, 6) is 1.13. The van der Waals surface area contributed by atoms with Crippen molar-refractivity contribution in [1.29, 1.82) is 0 Å². The standard InChI is InChI=1S/C12H9BrO2/c1-8-12(6-11(7-14)15-8)9-2-4-10(13)5-3-9/h2-7H,1H3. The van der Waals surface area contributed by atoms with E-state index in [9.17, 15) is 4.79 Å². The van der Waals surface area contributed by atoms with Crippen molar-refractivity contribution in [3.63, 3.8) is 0 Å². The van der Waals surface area contributed by atoms with Crippen LogP contribution in [0.25, 0.3) is 11.1 Å². The summed E-state index contributed by atoms with van der Waals surface area (Å²) in [6, 6.07) is 9.64. The van der Waals surface area contributed by atoms with Gasteiger partial charge in [0.25, 0.3) is 0 Å². The zero-order valence-electron chi connectivity index (χ0n) is 8.16. The summed E-state index contributed by atoms with van der Waals surface area (Å²) < 4.78 is 6.30. The van der Waals surface area contributed by atoms with Crippen molar-refractivity contribution >= 4 is 22.2 Å². The third-order valence-corrected chi connectivity index (χ3v) is 2.74. The molecule has 2 rings (SSSR count). The molecule has 0 atom stereocenters. The highest BCUT2D eigenvalue weighted by Crippen LogP contribution is 2.27. The molecule has 0 N–H and O–H groups in total. The van der Waals surface area contributed by atoms with Gasteiger partial charge in [-0.25, -0.2) is 0 Å². The van der Waals surface area contributed by atoms with Crippen LogP contribution in [0.1, 0.15) is 16.3 Å². The quantitative estimate of drug-likeness (QED) is 0.772. The van der Waals surface area contributed by atoms with Crippen molar-refractivity contribution < 1.29 is 9.21 Å². The van der Waals surface area contributed by atoms with Gasteiger partial charge in [-0.05, 0) is 30.7 Å². The maximum atomic E-state index is 10.6. The van der Waals surface area contributed by atoms with Crippen LogP contribution in [0.4, 0.5) is 0 Å². The SMILES string of the molecule is Cc1oc(C=O)cc1-c1ccc(Br)cc1. The molecule has 15 heavy (non-hydrogen) atoms. The van der Waals surface area contributed by atoms with Crippen LogP contribution < -0.4 is 0 Å². The molecular weight excluding hydrogens is 256 g/mol. The van der Waals surface area contributed by atoms with Gasteiger partial charge >= 0.3 is 0 Å². The van der Waals surface area contributed by atoms with Gasteiger partial charge in [0.05, 0.1) is 0 Å². The van der Waals surface area contributed by atoms with Gasteiger partial charge in [-0.3, -0.25) is 4.79 Å². The van der Waals surface area contributed by atoms with E-state index in [2.05, 4.69) is 15.9 Å². The smallest absolute Gasteiger partial charge is 0.185 e. The number of rotatable bonds is 2. The van der Waals surface area contributed by atoms with E-state index in [-0.39, 0.29) is 0 Å². The van der Waals surface area contributed by atoms with Crippen LogP contribution in [0.3, 0.4) is 0 Å². The van der Waals surface area contributed by atoms with Crippen molar-refractivity contribution in [2.45, 2.75) is 6.92 Å². The lowest BCUT2D eigenvalue weighted by Gasteiger charge is -1.98. The average molecular weight is 265 g/mol. The van der Waals surface area contributed by atoms with Crippen LogP contribution in [0.15, 0.2) is 39.2 Å². The van der Waals surface area contributed by atoms with Crippen molar-refractivity contribution in [2.75, 3.05) is 0 Å². The minimum absolute atomic E-state index is 0.366. The Bertz CT molecular complexity index is 483. The summed E-state index contributed by atoms with van der Waals surface area (Å²) in [7, 11) is 0.